The number of nitrogens with one attached hydrogen (secondary N) is 1. The molecule has 1 unspecified atom stereocenters. The van der Waals surface area contributed by atoms with Crippen LogP contribution in [0.1, 0.15) is 49.4 Å². The van der Waals surface area contributed by atoms with E-state index in [4.69, 9.17) is 0 Å². The minimum atomic E-state index is 0.182. The number of hydrogen-bond acceptors (Lipinski definition) is 3. The molecule has 0 saturated heterocycles. The summed E-state index contributed by atoms with van der Waals surface area (Å²) < 4.78 is 0. The molecule has 2 rings (SSSR count). The van der Waals surface area contributed by atoms with Crippen LogP contribution in [-0.2, 0) is 0 Å². The SMILES string of the molecule is CCNC(c1ccc(C(C)C)cc1)c1ccnnc1. The largest absolute Gasteiger partial charge is 0.306 e. The predicted molar refractivity (Wildman–Crippen MR) is 78.1 cm³/mol. The van der Waals surface area contributed by atoms with Gasteiger partial charge in [-0.3, -0.25) is 0 Å². The van der Waals surface area contributed by atoms with Gasteiger partial charge in [0.25, 0.3) is 0 Å². The molecule has 3 nitrogen and oxygen atoms in total. The molecule has 2 aromatic rings. The van der Waals surface area contributed by atoms with Gasteiger partial charge in [0.15, 0.2) is 0 Å². The lowest BCUT2D eigenvalue weighted by atomic mass is 9.96. The van der Waals surface area contributed by atoms with E-state index in [9.17, 15) is 0 Å². The summed E-state index contributed by atoms with van der Waals surface area (Å²) in [5.41, 5.74) is 3.78. The second kappa shape index (κ2) is 6.43. The van der Waals surface area contributed by atoms with Gasteiger partial charge in [-0.05, 0) is 35.2 Å². The Morgan fingerprint density at radius 1 is 0.947 bits per heavy atom. The van der Waals surface area contributed by atoms with Crippen molar-refractivity contribution in [3.63, 3.8) is 0 Å². The quantitative estimate of drug-likeness (QED) is 0.890. The first-order valence-electron chi connectivity index (χ1n) is 6.82. The van der Waals surface area contributed by atoms with Gasteiger partial charge in [0.2, 0.25) is 0 Å². The third-order valence-corrected chi connectivity index (χ3v) is 3.29. The van der Waals surface area contributed by atoms with Crippen molar-refractivity contribution in [1.82, 2.24) is 15.5 Å². The summed E-state index contributed by atoms with van der Waals surface area (Å²) in [5.74, 6) is 0.564. The first-order chi connectivity index (χ1) is 9.22. The fourth-order valence-electron chi connectivity index (χ4n) is 2.18. The number of rotatable bonds is 5. The molecule has 1 atom stereocenters. The van der Waals surface area contributed by atoms with Crippen LogP contribution < -0.4 is 5.32 Å². The van der Waals surface area contributed by atoms with Gasteiger partial charge in [0.05, 0.1) is 12.2 Å². The van der Waals surface area contributed by atoms with E-state index in [1.807, 2.05) is 12.3 Å². The van der Waals surface area contributed by atoms with Crippen molar-refractivity contribution in [3.05, 3.63) is 59.4 Å². The van der Waals surface area contributed by atoms with Crippen LogP contribution in [0.3, 0.4) is 0 Å². The van der Waals surface area contributed by atoms with Crippen molar-refractivity contribution in [2.24, 2.45) is 0 Å². The normalized spacial score (nSPS) is 12.6. The maximum atomic E-state index is 3.97. The van der Waals surface area contributed by atoms with E-state index in [1.165, 1.54) is 11.1 Å². The molecular formula is C16H21N3. The molecule has 1 heterocycles. The van der Waals surface area contributed by atoms with Crippen LogP contribution >= 0.6 is 0 Å². The van der Waals surface area contributed by atoms with Crippen LogP contribution in [-0.4, -0.2) is 16.7 Å². The highest BCUT2D eigenvalue weighted by Crippen LogP contribution is 2.23. The molecule has 1 aromatic heterocycles. The molecule has 0 saturated carbocycles. The maximum Gasteiger partial charge on any atom is 0.0593 e. The highest BCUT2D eigenvalue weighted by Gasteiger charge is 2.13. The first kappa shape index (κ1) is 13.7. The summed E-state index contributed by atoms with van der Waals surface area (Å²) in [6.07, 6.45) is 3.56. The van der Waals surface area contributed by atoms with Gasteiger partial charge in [0, 0.05) is 6.20 Å². The van der Waals surface area contributed by atoms with Crippen molar-refractivity contribution in [2.45, 2.75) is 32.7 Å². The van der Waals surface area contributed by atoms with E-state index in [1.54, 1.807) is 6.20 Å². The third-order valence-electron chi connectivity index (χ3n) is 3.29. The Bertz CT molecular complexity index is 491. The standard InChI is InChI=1S/C16H21N3/c1-4-17-16(15-9-10-18-19-11-15)14-7-5-13(6-8-14)12(2)3/h5-12,16-17H,4H2,1-3H3. The molecule has 0 fully saturated rings. The Hall–Kier alpha value is -1.74. The van der Waals surface area contributed by atoms with Crippen molar-refractivity contribution >= 4 is 0 Å². The van der Waals surface area contributed by atoms with Crippen molar-refractivity contribution in [1.29, 1.82) is 0 Å². The zero-order chi connectivity index (χ0) is 13.7. The monoisotopic (exact) mass is 255 g/mol. The average molecular weight is 255 g/mol. The molecular weight excluding hydrogens is 234 g/mol. The number of nitrogens with zero attached hydrogens (tertiary/aromatic N) is 2. The van der Waals surface area contributed by atoms with Gasteiger partial charge in [-0.25, -0.2) is 0 Å². The lowest BCUT2D eigenvalue weighted by Crippen LogP contribution is -2.22. The summed E-state index contributed by atoms with van der Waals surface area (Å²) >= 11 is 0. The van der Waals surface area contributed by atoms with E-state index in [2.05, 4.69) is 60.6 Å². The molecule has 0 aliphatic carbocycles. The zero-order valence-electron chi connectivity index (χ0n) is 11.8. The van der Waals surface area contributed by atoms with Crippen LogP contribution in [0.15, 0.2) is 42.7 Å². The van der Waals surface area contributed by atoms with Gasteiger partial charge in [-0.15, -0.1) is 0 Å². The molecule has 1 N–H and O–H groups in total. The van der Waals surface area contributed by atoms with Gasteiger partial charge >= 0.3 is 0 Å². The van der Waals surface area contributed by atoms with Crippen LogP contribution in [0.4, 0.5) is 0 Å². The number of benzene rings is 1. The molecule has 0 spiro atoms. The van der Waals surface area contributed by atoms with Crippen LogP contribution in [0.2, 0.25) is 0 Å². The van der Waals surface area contributed by atoms with Crippen molar-refractivity contribution in [2.75, 3.05) is 6.54 Å². The Morgan fingerprint density at radius 3 is 2.16 bits per heavy atom. The number of aromatic nitrogens is 2. The summed E-state index contributed by atoms with van der Waals surface area (Å²) in [4.78, 5) is 0. The van der Waals surface area contributed by atoms with E-state index in [0.29, 0.717) is 5.92 Å². The first-order valence-corrected chi connectivity index (χ1v) is 6.82. The van der Waals surface area contributed by atoms with Crippen LogP contribution in [0.5, 0.6) is 0 Å². The van der Waals surface area contributed by atoms with Gasteiger partial charge in [-0.1, -0.05) is 45.0 Å². The van der Waals surface area contributed by atoms with Gasteiger partial charge in [-0.2, -0.15) is 10.2 Å². The predicted octanol–water partition coefficient (Wildman–Crippen LogP) is 3.30. The van der Waals surface area contributed by atoms with E-state index >= 15 is 0 Å². The highest BCUT2D eigenvalue weighted by molar-refractivity contribution is 5.32. The average Bonchev–Trinajstić information content (AvgIpc) is 2.46. The molecule has 0 amide bonds. The number of hydrogen-bond donors (Lipinski definition) is 1. The second-order valence-corrected chi connectivity index (χ2v) is 4.99. The van der Waals surface area contributed by atoms with E-state index in [-0.39, 0.29) is 6.04 Å². The molecule has 0 aliphatic heterocycles. The van der Waals surface area contributed by atoms with Crippen molar-refractivity contribution in [3.8, 4) is 0 Å². The molecule has 19 heavy (non-hydrogen) atoms. The fraction of sp³-hybridized carbons (Fsp3) is 0.375. The molecule has 1 aromatic carbocycles. The van der Waals surface area contributed by atoms with E-state index < -0.39 is 0 Å². The van der Waals surface area contributed by atoms with Crippen molar-refractivity contribution < 1.29 is 0 Å². The smallest absolute Gasteiger partial charge is 0.0593 e. The summed E-state index contributed by atoms with van der Waals surface area (Å²) in [5, 5.41) is 11.3. The molecule has 0 radical (unpaired) electrons. The summed E-state index contributed by atoms with van der Waals surface area (Å²) in [6, 6.07) is 11.0. The molecule has 0 bridgehead atoms. The topological polar surface area (TPSA) is 37.8 Å². The molecule has 100 valence electrons. The zero-order valence-corrected chi connectivity index (χ0v) is 11.8. The van der Waals surface area contributed by atoms with E-state index in [0.717, 1.165) is 12.1 Å². The summed E-state index contributed by atoms with van der Waals surface area (Å²) in [6.45, 7) is 7.45. The maximum absolute atomic E-state index is 3.97. The minimum absolute atomic E-state index is 0.182. The lowest BCUT2D eigenvalue weighted by Gasteiger charge is -2.19. The molecule has 0 aliphatic rings. The highest BCUT2D eigenvalue weighted by atomic mass is 15.1. The Labute approximate surface area is 115 Å². The third kappa shape index (κ3) is 3.38. The Balaban J connectivity index is 2.29. The fourth-order valence-corrected chi connectivity index (χ4v) is 2.18. The Morgan fingerprint density at radius 2 is 1.63 bits per heavy atom. The Kier molecular flexibility index (Phi) is 4.63. The minimum Gasteiger partial charge on any atom is -0.306 e. The summed E-state index contributed by atoms with van der Waals surface area (Å²) in [7, 11) is 0. The van der Waals surface area contributed by atoms with Gasteiger partial charge < -0.3 is 5.32 Å². The molecule has 3 heteroatoms. The second-order valence-electron chi connectivity index (χ2n) is 4.99. The van der Waals surface area contributed by atoms with Crippen LogP contribution in [0.25, 0.3) is 0 Å². The van der Waals surface area contributed by atoms with Crippen LogP contribution in [0, 0.1) is 0 Å². The van der Waals surface area contributed by atoms with Gasteiger partial charge in [0.1, 0.15) is 0 Å². The lowest BCUT2D eigenvalue weighted by molar-refractivity contribution is 0.626.